The van der Waals surface area contributed by atoms with Crippen molar-refractivity contribution in [2.45, 2.75) is 50.0 Å². The van der Waals surface area contributed by atoms with E-state index in [1.165, 1.54) is 30.4 Å². The third-order valence-electron chi connectivity index (χ3n) is 3.52. The maximum absolute atomic E-state index is 5.90. The molecule has 2 atom stereocenters. The summed E-state index contributed by atoms with van der Waals surface area (Å²) in [6.45, 7) is 3.11. The molecule has 2 unspecified atom stereocenters. The molecular weight excluding hydrogens is 276 g/mol. The highest BCUT2D eigenvalue weighted by Crippen LogP contribution is 2.31. The molecule has 17 heavy (non-hydrogen) atoms. The third kappa shape index (κ3) is 3.56. The van der Waals surface area contributed by atoms with Gasteiger partial charge in [0, 0.05) is 4.83 Å². The fourth-order valence-corrected chi connectivity index (χ4v) is 2.77. The summed E-state index contributed by atoms with van der Waals surface area (Å²) in [4.78, 5) is 0.668. The monoisotopic (exact) mass is 296 g/mol. The number of ether oxygens (including phenoxy) is 1. The molecular formula is C15H21BrO. The number of benzene rings is 1. The topological polar surface area (TPSA) is 9.23 Å². The molecule has 94 valence electrons. The van der Waals surface area contributed by atoms with Crippen molar-refractivity contribution in [3.05, 3.63) is 35.4 Å². The molecule has 0 spiro atoms. The van der Waals surface area contributed by atoms with Crippen molar-refractivity contribution in [2.75, 3.05) is 6.61 Å². The van der Waals surface area contributed by atoms with Crippen LogP contribution in [0.2, 0.25) is 0 Å². The number of fused-ring (bicyclic) bond motifs is 1. The van der Waals surface area contributed by atoms with Gasteiger partial charge in [-0.05, 0) is 43.2 Å². The van der Waals surface area contributed by atoms with Gasteiger partial charge in [-0.1, -0.05) is 47.1 Å². The van der Waals surface area contributed by atoms with Crippen molar-refractivity contribution in [1.82, 2.24) is 0 Å². The van der Waals surface area contributed by atoms with E-state index in [2.05, 4.69) is 47.1 Å². The van der Waals surface area contributed by atoms with Gasteiger partial charge in [0.2, 0.25) is 0 Å². The predicted octanol–water partition coefficient (Wildman–Crippen LogP) is 4.64. The van der Waals surface area contributed by atoms with Gasteiger partial charge in [-0.15, -0.1) is 0 Å². The molecule has 0 bridgehead atoms. The van der Waals surface area contributed by atoms with E-state index in [4.69, 9.17) is 4.74 Å². The summed E-state index contributed by atoms with van der Waals surface area (Å²) in [5.41, 5.74) is 2.90. The Morgan fingerprint density at radius 3 is 3.06 bits per heavy atom. The zero-order valence-corrected chi connectivity index (χ0v) is 12.1. The van der Waals surface area contributed by atoms with E-state index in [-0.39, 0.29) is 0 Å². The van der Waals surface area contributed by atoms with Crippen LogP contribution < -0.4 is 0 Å². The molecule has 0 aromatic heterocycles. The Balaban J connectivity index is 1.90. The highest BCUT2D eigenvalue weighted by molar-refractivity contribution is 9.09. The van der Waals surface area contributed by atoms with Gasteiger partial charge < -0.3 is 4.74 Å². The lowest BCUT2D eigenvalue weighted by molar-refractivity contribution is 0.0349. The highest BCUT2D eigenvalue weighted by atomic mass is 79.9. The van der Waals surface area contributed by atoms with Crippen LogP contribution in [0.3, 0.4) is 0 Å². The zero-order chi connectivity index (χ0) is 12.1. The molecule has 1 aromatic carbocycles. The summed E-state index contributed by atoms with van der Waals surface area (Å²) in [6.07, 6.45) is 6.25. The fraction of sp³-hybridized carbons (Fsp3) is 0.600. The van der Waals surface area contributed by atoms with Gasteiger partial charge >= 0.3 is 0 Å². The van der Waals surface area contributed by atoms with E-state index in [0.29, 0.717) is 10.9 Å². The van der Waals surface area contributed by atoms with Gasteiger partial charge in [0.05, 0.1) is 12.7 Å². The Morgan fingerprint density at radius 2 is 2.24 bits per heavy atom. The lowest BCUT2D eigenvalue weighted by Crippen LogP contribution is -2.16. The van der Waals surface area contributed by atoms with Gasteiger partial charge in [0.1, 0.15) is 0 Å². The van der Waals surface area contributed by atoms with Gasteiger partial charge in [-0.3, -0.25) is 0 Å². The van der Waals surface area contributed by atoms with E-state index in [1.807, 2.05) is 0 Å². The molecule has 1 nitrogen and oxygen atoms in total. The van der Waals surface area contributed by atoms with Crippen molar-refractivity contribution in [3.8, 4) is 0 Å². The van der Waals surface area contributed by atoms with Crippen LogP contribution in [0, 0.1) is 0 Å². The molecule has 1 heterocycles. The molecule has 1 aromatic rings. The minimum Gasteiger partial charge on any atom is -0.373 e. The average Bonchev–Trinajstić information content (AvgIpc) is 2.39. The Kier molecular flexibility index (Phi) is 5.05. The molecule has 0 aliphatic carbocycles. The van der Waals surface area contributed by atoms with Crippen molar-refractivity contribution < 1.29 is 4.74 Å². The summed E-state index contributed by atoms with van der Waals surface area (Å²) >= 11 is 3.69. The lowest BCUT2D eigenvalue weighted by Gasteiger charge is -2.26. The standard InChI is InChI=1S/C15H21BrO/c1-2-13(16)7-5-9-15-14-8-4-3-6-12(14)10-11-17-15/h3-4,6,8,13,15H,2,5,7,9-11H2,1H3. The van der Waals surface area contributed by atoms with Crippen LogP contribution in [0.1, 0.15) is 49.8 Å². The average molecular weight is 297 g/mol. The first-order chi connectivity index (χ1) is 8.31. The number of hydrogen-bond donors (Lipinski definition) is 0. The van der Waals surface area contributed by atoms with Crippen molar-refractivity contribution in [2.24, 2.45) is 0 Å². The molecule has 2 rings (SSSR count). The second-order valence-corrected chi connectivity index (χ2v) is 6.04. The van der Waals surface area contributed by atoms with Crippen molar-refractivity contribution >= 4 is 15.9 Å². The smallest absolute Gasteiger partial charge is 0.0827 e. The molecule has 0 radical (unpaired) electrons. The van der Waals surface area contributed by atoms with E-state index < -0.39 is 0 Å². The normalized spacial score (nSPS) is 20.9. The first-order valence-corrected chi connectivity index (χ1v) is 7.56. The second kappa shape index (κ2) is 6.55. The molecule has 0 amide bonds. The van der Waals surface area contributed by atoms with Crippen LogP contribution in [0.5, 0.6) is 0 Å². The molecule has 2 heteroatoms. The van der Waals surface area contributed by atoms with E-state index in [1.54, 1.807) is 0 Å². The van der Waals surface area contributed by atoms with Crippen LogP contribution in [-0.2, 0) is 11.2 Å². The predicted molar refractivity (Wildman–Crippen MR) is 75.7 cm³/mol. The number of halogens is 1. The quantitative estimate of drug-likeness (QED) is 0.719. The molecule has 0 N–H and O–H groups in total. The Labute approximate surface area is 113 Å². The van der Waals surface area contributed by atoms with Crippen LogP contribution >= 0.6 is 15.9 Å². The van der Waals surface area contributed by atoms with E-state index in [0.717, 1.165) is 19.4 Å². The van der Waals surface area contributed by atoms with Crippen LogP contribution in [0.25, 0.3) is 0 Å². The zero-order valence-electron chi connectivity index (χ0n) is 10.5. The minimum absolute atomic E-state index is 0.330. The summed E-state index contributed by atoms with van der Waals surface area (Å²) < 4.78 is 5.90. The number of alkyl halides is 1. The first-order valence-electron chi connectivity index (χ1n) is 6.64. The largest absolute Gasteiger partial charge is 0.373 e. The van der Waals surface area contributed by atoms with Gasteiger partial charge in [0.25, 0.3) is 0 Å². The number of rotatable bonds is 5. The van der Waals surface area contributed by atoms with E-state index >= 15 is 0 Å². The highest BCUT2D eigenvalue weighted by Gasteiger charge is 2.19. The van der Waals surface area contributed by atoms with Gasteiger partial charge in [-0.25, -0.2) is 0 Å². The Morgan fingerprint density at radius 1 is 1.41 bits per heavy atom. The van der Waals surface area contributed by atoms with E-state index in [9.17, 15) is 0 Å². The molecule has 0 fully saturated rings. The SMILES string of the molecule is CCC(Br)CCCC1OCCc2ccccc21. The van der Waals surface area contributed by atoms with Crippen LogP contribution in [-0.4, -0.2) is 11.4 Å². The van der Waals surface area contributed by atoms with Gasteiger partial charge in [0.15, 0.2) is 0 Å². The van der Waals surface area contributed by atoms with Crippen LogP contribution in [0.15, 0.2) is 24.3 Å². The maximum atomic E-state index is 5.90. The lowest BCUT2D eigenvalue weighted by atomic mass is 9.94. The third-order valence-corrected chi connectivity index (χ3v) is 4.62. The van der Waals surface area contributed by atoms with Crippen molar-refractivity contribution in [3.63, 3.8) is 0 Å². The Hall–Kier alpha value is -0.340. The molecule has 1 aliphatic heterocycles. The Bertz CT molecular complexity index is 351. The second-order valence-electron chi connectivity index (χ2n) is 4.74. The maximum Gasteiger partial charge on any atom is 0.0827 e. The summed E-state index contributed by atoms with van der Waals surface area (Å²) in [7, 11) is 0. The molecule has 0 saturated carbocycles. The first kappa shape index (κ1) is 13.1. The summed E-state index contributed by atoms with van der Waals surface area (Å²) in [5.74, 6) is 0. The molecule has 0 saturated heterocycles. The fourth-order valence-electron chi connectivity index (χ4n) is 2.44. The van der Waals surface area contributed by atoms with Crippen LogP contribution in [0.4, 0.5) is 0 Å². The van der Waals surface area contributed by atoms with Crippen molar-refractivity contribution in [1.29, 1.82) is 0 Å². The minimum atomic E-state index is 0.330. The summed E-state index contributed by atoms with van der Waals surface area (Å²) in [5, 5.41) is 0. The van der Waals surface area contributed by atoms with Gasteiger partial charge in [-0.2, -0.15) is 0 Å². The molecule has 1 aliphatic rings. The summed E-state index contributed by atoms with van der Waals surface area (Å²) in [6, 6.07) is 8.72. The number of hydrogen-bond acceptors (Lipinski definition) is 1.